The van der Waals surface area contributed by atoms with Crippen molar-refractivity contribution in [1.82, 2.24) is 15.1 Å². The van der Waals surface area contributed by atoms with Crippen LogP contribution in [0.4, 0.5) is 13.2 Å². The van der Waals surface area contributed by atoms with Gasteiger partial charge in [0.2, 0.25) is 0 Å². The number of rotatable bonds is 5. The third kappa shape index (κ3) is 5.94. The number of amides is 1. The first-order valence-electron chi connectivity index (χ1n) is 5.65. The molecule has 1 aromatic rings. The van der Waals surface area contributed by atoms with E-state index < -0.39 is 31.1 Å². The molecule has 0 spiro atoms. The summed E-state index contributed by atoms with van der Waals surface area (Å²) in [6.45, 7) is -1.96. The number of esters is 1. The summed E-state index contributed by atoms with van der Waals surface area (Å²) in [6, 6.07) is 2.38. The Bertz CT molecular complexity index is 508. The molecule has 0 unspecified atom stereocenters. The highest BCUT2D eigenvalue weighted by atomic mass is 35.5. The minimum Gasteiger partial charge on any atom is -0.469 e. The van der Waals surface area contributed by atoms with Gasteiger partial charge in [-0.3, -0.25) is 9.59 Å². The maximum absolute atomic E-state index is 12.5. The number of ether oxygens (including phenoxy) is 1. The molecule has 10 heteroatoms. The van der Waals surface area contributed by atoms with Crippen LogP contribution in [0.15, 0.2) is 12.1 Å². The maximum Gasteiger partial charge on any atom is 0.406 e. The lowest BCUT2D eigenvalue weighted by atomic mass is 10.3. The monoisotopic (exact) mass is 325 g/mol. The maximum atomic E-state index is 12.5. The van der Waals surface area contributed by atoms with Crippen LogP contribution in [-0.2, 0) is 9.53 Å². The lowest BCUT2D eigenvalue weighted by molar-refractivity contribution is -0.147. The van der Waals surface area contributed by atoms with Gasteiger partial charge in [-0.05, 0) is 12.1 Å². The van der Waals surface area contributed by atoms with E-state index in [1.54, 1.807) is 0 Å². The van der Waals surface area contributed by atoms with E-state index in [9.17, 15) is 22.8 Å². The van der Waals surface area contributed by atoms with Gasteiger partial charge >= 0.3 is 12.1 Å². The van der Waals surface area contributed by atoms with Crippen molar-refractivity contribution in [2.75, 3.05) is 20.2 Å². The third-order valence-corrected chi connectivity index (χ3v) is 2.52. The fourth-order valence-corrected chi connectivity index (χ4v) is 1.49. The van der Waals surface area contributed by atoms with Crippen LogP contribution in [0.3, 0.4) is 0 Å². The summed E-state index contributed by atoms with van der Waals surface area (Å²) in [4.78, 5) is 23.4. The predicted octanol–water partition coefficient (Wildman–Crippen LogP) is 1.70. The highest BCUT2D eigenvalue weighted by molar-refractivity contribution is 6.29. The lowest BCUT2D eigenvalue weighted by Crippen LogP contribution is -2.40. The van der Waals surface area contributed by atoms with Gasteiger partial charge in [0.25, 0.3) is 5.91 Å². The van der Waals surface area contributed by atoms with E-state index in [0.29, 0.717) is 4.90 Å². The summed E-state index contributed by atoms with van der Waals surface area (Å²) in [5.41, 5.74) is -0.298. The molecule has 0 radical (unpaired) electrons. The molecule has 1 heterocycles. The van der Waals surface area contributed by atoms with Crippen molar-refractivity contribution >= 4 is 23.5 Å². The van der Waals surface area contributed by atoms with Crippen molar-refractivity contribution in [3.63, 3.8) is 0 Å². The second-order valence-corrected chi connectivity index (χ2v) is 4.30. The molecule has 0 bridgehead atoms. The minimum absolute atomic E-state index is 0.00322. The second kappa shape index (κ2) is 7.21. The normalized spacial score (nSPS) is 11.1. The Morgan fingerprint density at radius 2 is 2.00 bits per heavy atom. The molecule has 0 aromatic carbocycles. The zero-order valence-corrected chi connectivity index (χ0v) is 11.6. The smallest absolute Gasteiger partial charge is 0.406 e. The van der Waals surface area contributed by atoms with Gasteiger partial charge in [0.05, 0.1) is 13.5 Å². The Hall–Kier alpha value is -1.90. The van der Waals surface area contributed by atoms with Gasteiger partial charge in [0.1, 0.15) is 6.54 Å². The van der Waals surface area contributed by atoms with Crippen LogP contribution >= 0.6 is 11.6 Å². The van der Waals surface area contributed by atoms with E-state index >= 15 is 0 Å². The summed E-state index contributed by atoms with van der Waals surface area (Å²) < 4.78 is 41.8. The fraction of sp³-hybridized carbons (Fsp3) is 0.455. The summed E-state index contributed by atoms with van der Waals surface area (Å²) in [5.74, 6) is -1.72. The molecule has 0 atom stereocenters. The number of alkyl halides is 3. The molecule has 1 amide bonds. The van der Waals surface area contributed by atoms with Crippen molar-refractivity contribution in [3.8, 4) is 0 Å². The molecule has 1 rings (SSSR count). The highest BCUT2D eigenvalue weighted by Gasteiger charge is 2.34. The van der Waals surface area contributed by atoms with E-state index in [1.165, 1.54) is 6.07 Å². The van der Waals surface area contributed by atoms with Crippen LogP contribution in [0.5, 0.6) is 0 Å². The first kappa shape index (κ1) is 17.2. The van der Waals surface area contributed by atoms with E-state index in [2.05, 4.69) is 14.9 Å². The number of carbonyl (C=O) groups is 2. The molecule has 6 nitrogen and oxygen atoms in total. The van der Waals surface area contributed by atoms with Crippen LogP contribution in [0, 0.1) is 0 Å². The lowest BCUT2D eigenvalue weighted by Gasteiger charge is -2.22. The molecule has 0 N–H and O–H groups in total. The van der Waals surface area contributed by atoms with Gasteiger partial charge in [-0.25, -0.2) is 0 Å². The predicted molar refractivity (Wildman–Crippen MR) is 65.6 cm³/mol. The van der Waals surface area contributed by atoms with Gasteiger partial charge in [-0.15, -0.1) is 10.2 Å². The summed E-state index contributed by atoms with van der Waals surface area (Å²) in [6.07, 6.45) is -4.97. The van der Waals surface area contributed by atoms with Crippen LogP contribution in [0.25, 0.3) is 0 Å². The summed E-state index contributed by atoms with van der Waals surface area (Å²) in [7, 11) is 1.10. The van der Waals surface area contributed by atoms with Crippen LogP contribution in [-0.4, -0.2) is 53.3 Å². The topological polar surface area (TPSA) is 72.4 Å². The Morgan fingerprint density at radius 1 is 1.33 bits per heavy atom. The molecule has 0 aliphatic heterocycles. The van der Waals surface area contributed by atoms with Crippen molar-refractivity contribution in [1.29, 1.82) is 0 Å². The van der Waals surface area contributed by atoms with Crippen LogP contribution in [0.2, 0.25) is 5.15 Å². The van der Waals surface area contributed by atoms with E-state index in [-0.39, 0.29) is 17.3 Å². The van der Waals surface area contributed by atoms with Gasteiger partial charge in [-0.2, -0.15) is 13.2 Å². The number of hydrogen-bond donors (Lipinski definition) is 0. The van der Waals surface area contributed by atoms with Crippen molar-refractivity contribution in [2.24, 2.45) is 0 Å². The molecular weight excluding hydrogens is 315 g/mol. The zero-order chi connectivity index (χ0) is 16.0. The number of carbonyl (C=O) groups excluding carboxylic acids is 2. The standard InChI is InChI=1S/C11H11ClF3N3O3/c1-21-9(19)4-5-18(6-11(13,14)15)10(20)7-2-3-8(12)17-16-7/h2-3H,4-6H2,1H3. The van der Waals surface area contributed by atoms with E-state index in [4.69, 9.17) is 11.6 Å². The first-order chi connectivity index (χ1) is 9.73. The number of halogens is 4. The van der Waals surface area contributed by atoms with Crippen molar-refractivity contribution in [3.05, 3.63) is 23.0 Å². The number of aromatic nitrogens is 2. The van der Waals surface area contributed by atoms with Crippen LogP contribution in [0.1, 0.15) is 16.9 Å². The molecule has 1 aromatic heterocycles. The second-order valence-electron chi connectivity index (χ2n) is 3.91. The van der Waals surface area contributed by atoms with E-state index in [1.807, 2.05) is 0 Å². The molecule has 0 fully saturated rings. The molecule has 0 saturated heterocycles. The van der Waals surface area contributed by atoms with Crippen molar-refractivity contribution in [2.45, 2.75) is 12.6 Å². The third-order valence-electron chi connectivity index (χ3n) is 2.32. The summed E-state index contributed by atoms with van der Waals surface area (Å²) in [5, 5.41) is 6.81. The van der Waals surface area contributed by atoms with Gasteiger partial charge < -0.3 is 9.64 Å². The molecule has 0 aliphatic rings. The number of methoxy groups -OCH3 is 1. The van der Waals surface area contributed by atoms with Gasteiger partial charge in [0.15, 0.2) is 10.8 Å². The van der Waals surface area contributed by atoms with Gasteiger partial charge in [0, 0.05) is 6.54 Å². The zero-order valence-electron chi connectivity index (χ0n) is 10.9. The molecule has 21 heavy (non-hydrogen) atoms. The Labute approximate surface area is 122 Å². The largest absolute Gasteiger partial charge is 0.469 e. The Kier molecular flexibility index (Phi) is 5.89. The highest BCUT2D eigenvalue weighted by Crippen LogP contribution is 2.18. The SMILES string of the molecule is COC(=O)CCN(CC(F)(F)F)C(=O)c1ccc(Cl)nn1. The Morgan fingerprint density at radius 3 is 2.48 bits per heavy atom. The quantitative estimate of drug-likeness (QED) is 0.770. The Balaban J connectivity index is 2.86. The molecule has 116 valence electrons. The van der Waals surface area contributed by atoms with Gasteiger partial charge in [-0.1, -0.05) is 11.6 Å². The molecular formula is C11H11ClF3N3O3. The van der Waals surface area contributed by atoms with Crippen LogP contribution < -0.4 is 0 Å². The number of nitrogens with zero attached hydrogens (tertiary/aromatic N) is 3. The van der Waals surface area contributed by atoms with Crippen molar-refractivity contribution < 1.29 is 27.5 Å². The number of hydrogen-bond acceptors (Lipinski definition) is 5. The average molecular weight is 326 g/mol. The molecule has 0 aliphatic carbocycles. The van der Waals surface area contributed by atoms with E-state index in [0.717, 1.165) is 13.2 Å². The molecule has 0 saturated carbocycles. The first-order valence-corrected chi connectivity index (χ1v) is 6.03. The fourth-order valence-electron chi connectivity index (χ4n) is 1.39. The average Bonchev–Trinajstić information content (AvgIpc) is 2.42. The summed E-state index contributed by atoms with van der Waals surface area (Å²) >= 11 is 5.48. The minimum atomic E-state index is -4.61.